The first-order valence-electron chi connectivity index (χ1n) is 10.6. The Labute approximate surface area is 169 Å². The van der Waals surface area contributed by atoms with E-state index in [1.165, 1.54) is 0 Å². The Bertz CT molecular complexity index is 577. The highest BCUT2D eigenvalue weighted by Gasteiger charge is 2.41. The molecular formula is C24H47N3. The Morgan fingerprint density at radius 2 is 1.07 bits per heavy atom. The van der Waals surface area contributed by atoms with E-state index in [2.05, 4.69) is 118 Å². The van der Waals surface area contributed by atoms with E-state index in [1.54, 1.807) is 0 Å². The van der Waals surface area contributed by atoms with Crippen LogP contribution in [0.4, 0.5) is 0 Å². The molecule has 158 valence electrons. The monoisotopic (exact) mass is 377 g/mol. The van der Waals surface area contributed by atoms with Crippen molar-refractivity contribution >= 4 is 0 Å². The zero-order chi connectivity index (χ0) is 21.7. The summed E-state index contributed by atoms with van der Waals surface area (Å²) in [7, 11) is 0. The molecule has 0 aromatic carbocycles. The van der Waals surface area contributed by atoms with Crippen molar-refractivity contribution in [1.82, 2.24) is 15.0 Å². The molecule has 0 aliphatic carbocycles. The van der Waals surface area contributed by atoms with E-state index >= 15 is 0 Å². The van der Waals surface area contributed by atoms with Crippen LogP contribution in [0.3, 0.4) is 0 Å². The molecule has 0 aliphatic heterocycles. The van der Waals surface area contributed by atoms with Crippen LogP contribution in [0.1, 0.15) is 115 Å². The van der Waals surface area contributed by atoms with Gasteiger partial charge in [0.2, 0.25) is 0 Å². The standard InChI is InChI=1S/C24H47N3/c1-19(2,3)22(9,10)16-21(7,8)18-15-27(26-25-18)24(13,14)17-23(11,12)20(4,5)6/h15H,16-17H2,1-14H3. The highest BCUT2D eigenvalue weighted by atomic mass is 15.4. The van der Waals surface area contributed by atoms with Crippen LogP contribution in [0.15, 0.2) is 6.20 Å². The van der Waals surface area contributed by atoms with Gasteiger partial charge in [-0.3, -0.25) is 0 Å². The van der Waals surface area contributed by atoms with E-state index in [0.29, 0.717) is 0 Å². The normalized spacial score (nSPS) is 15.3. The maximum absolute atomic E-state index is 4.63. The predicted molar refractivity (Wildman–Crippen MR) is 118 cm³/mol. The summed E-state index contributed by atoms with van der Waals surface area (Å²) >= 11 is 0. The third-order valence-corrected chi connectivity index (χ3v) is 7.63. The lowest BCUT2D eigenvalue weighted by Crippen LogP contribution is -2.39. The van der Waals surface area contributed by atoms with Crippen molar-refractivity contribution in [3.05, 3.63) is 11.9 Å². The van der Waals surface area contributed by atoms with Gasteiger partial charge >= 0.3 is 0 Å². The highest BCUT2D eigenvalue weighted by Crippen LogP contribution is 2.48. The average Bonchev–Trinajstić information content (AvgIpc) is 2.83. The second kappa shape index (κ2) is 6.88. The molecule has 1 heterocycles. The number of nitrogens with zero attached hydrogens (tertiary/aromatic N) is 3. The quantitative estimate of drug-likeness (QED) is 0.524. The first kappa shape index (κ1) is 24.2. The summed E-state index contributed by atoms with van der Waals surface area (Å²) in [6.45, 7) is 32.6. The second-order valence-electron chi connectivity index (χ2n) is 13.4. The van der Waals surface area contributed by atoms with Crippen molar-refractivity contribution in [3.8, 4) is 0 Å². The Hall–Kier alpha value is -0.860. The summed E-state index contributed by atoms with van der Waals surface area (Å²) in [5.74, 6) is 0. The molecule has 0 atom stereocenters. The van der Waals surface area contributed by atoms with E-state index in [9.17, 15) is 0 Å². The van der Waals surface area contributed by atoms with Crippen molar-refractivity contribution in [3.63, 3.8) is 0 Å². The summed E-state index contributed by atoms with van der Waals surface area (Å²) in [6.07, 6.45) is 4.33. The number of rotatable bonds is 6. The lowest BCUT2D eigenvalue weighted by Gasteiger charge is -2.44. The van der Waals surface area contributed by atoms with Crippen molar-refractivity contribution in [1.29, 1.82) is 0 Å². The summed E-state index contributed by atoms with van der Waals surface area (Å²) in [5.41, 5.74) is 1.92. The van der Waals surface area contributed by atoms with Crippen molar-refractivity contribution in [2.75, 3.05) is 0 Å². The lowest BCUT2D eigenvalue weighted by molar-refractivity contribution is 0.0654. The van der Waals surface area contributed by atoms with Crippen molar-refractivity contribution < 1.29 is 0 Å². The van der Waals surface area contributed by atoms with Gasteiger partial charge in [-0.15, -0.1) is 5.10 Å². The van der Waals surface area contributed by atoms with Crippen molar-refractivity contribution in [2.24, 2.45) is 21.7 Å². The molecule has 1 aromatic rings. The van der Waals surface area contributed by atoms with E-state index < -0.39 is 0 Å². The van der Waals surface area contributed by atoms with Crippen LogP contribution in [0.2, 0.25) is 0 Å². The molecule has 1 aromatic heterocycles. The van der Waals surface area contributed by atoms with Crippen LogP contribution < -0.4 is 0 Å². The van der Waals surface area contributed by atoms with Gasteiger partial charge in [0.25, 0.3) is 0 Å². The smallest absolute Gasteiger partial charge is 0.0883 e. The average molecular weight is 378 g/mol. The van der Waals surface area contributed by atoms with Crippen LogP contribution in [-0.4, -0.2) is 15.0 Å². The van der Waals surface area contributed by atoms with Gasteiger partial charge in [0.1, 0.15) is 0 Å². The maximum Gasteiger partial charge on any atom is 0.0883 e. The van der Waals surface area contributed by atoms with Crippen molar-refractivity contribution in [2.45, 2.75) is 121 Å². The van der Waals surface area contributed by atoms with Gasteiger partial charge in [0.15, 0.2) is 0 Å². The molecular weight excluding hydrogens is 330 g/mol. The van der Waals surface area contributed by atoms with Crippen LogP contribution in [0.5, 0.6) is 0 Å². The molecule has 0 saturated heterocycles. The minimum Gasteiger partial charge on any atom is -0.247 e. The molecule has 3 heteroatoms. The number of aromatic nitrogens is 3. The Morgan fingerprint density at radius 3 is 1.48 bits per heavy atom. The number of hydrogen-bond donors (Lipinski definition) is 0. The fraction of sp³-hybridized carbons (Fsp3) is 0.917. The van der Waals surface area contributed by atoms with Gasteiger partial charge in [-0.1, -0.05) is 88.3 Å². The Balaban J connectivity index is 3.12. The topological polar surface area (TPSA) is 30.7 Å². The fourth-order valence-electron chi connectivity index (χ4n) is 3.76. The molecule has 0 radical (unpaired) electrons. The minimum atomic E-state index is -0.0718. The van der Waals surface area contributed by atoms with Crippen LogP contribution in [0.25, 0.3) is 0 Å². The molecule has 0 bridgehead atoms. The van der Waals surface area contributed by atoms with Gasteiger partial charge in [0.05, 0.1) is 11.2 Å². The highest BCUT2D eigenvalue weighted by molar-refractivity contribution is 5.12. The van der Waals surface area contributed by atoms with Crippen LogP contribution in [-0.2, 0) is 11.0 Å². The Morgan fingerprint density at radius 1 is 0.667 bits per heavy atom. The summed E-state index contributed by atoms with van der Waals surface area (Å²) in [4.78, 5) is 0. The molecule has 0 unspecified atom stereocenters. The predicted octanol–water partition coefficient (Wildman–Crippen LogP) is 7.22. The molecule has 3 nitrogen and oxygen atoms in total. The second-order valence-corrected chi connectivity index (χ2v) is 13.4. The van der Waals surface area contributed by atoms with E-state index in [0.717, 1.165) is 18.5 Å². The fourth-order valence-corrected chi connectivity index (χ4v) is 3.76. The largest absolute Gasteiger partial charge is 0.247 e. The zero-order valence-electron chi connectivity index (χ0n) is 20.8. The van der Waals surface area contributed by atoms with Crippen LogP contribution in [0, 0.1) is 21.7 Å². The molecule has 1 rings (SSSR count). The van der Waals surface area contributed by atoms with Gasteiger partial charge in [-0.25, -0.2) is 4.68 Å². The summed E-state index contributed by atoms with van der Waals surface area (Å²) in [5, 5.41) is 9.20. The molecule has 0 saturated carbocycles. The SMILES string of the molecule is CC(C)(CC(C)(C)C(C)(C)C)c1cn(C(C)(C)CC(C)(C)C(C)(C)C)nn1. The van der Waals surface area contributed by atoms with E-state index in [4.69, 9.17) is 0 Å². The summed E-state index contributed by atoms with van der Waals surface area (Å²) < 4.78 is 2.10. The molecule has 0 fully saturated rings. The first-order valence-corrected chi connectivity index (χ1v) is 10.6. The third-order valence-electron chi connectivity index (χ3n) is 7.63. The molecule has 0 N–H and O–H groups in total. The number of hydrogen-bond acceptors (Lipinski definition) is 2. The molecule has 27 heavy (non-hydrogen) atoms. The van der Waals surface area contributed by atoms with Gasteiger partial charge in [0, 0.05) is 11.6 Å². The third kappa shape index (κ3) is 5.35. The molecule has 0 spiro atoms. The first-order chi connectivity index (χ1) is 11.6. The molecule has 0 amide bonds. The molecule has 0 aliphatic rings. The van der Waals surface area contributed by atoms with Gasteiger partial charge in [-0.05, 0) is 48.3 Å². The minimum absolute atomic E-state index is 0.00927. The zero-order valence-corrected chi connectivity index (χ0v) is 20.8. The maximum atomic E-state index is 4.63. The van der Waals surface area contributed by atoms with Crippen LogP contribution >= 0.6 is 0 Å². The lowest BCUT2D eigenvalue weighted by atomic mass is 9.61. The van der Waals surface area contributed by atoms with E-state index in [1.807, 2.05) is 0 Å². The Kier molecular flexibility index (Phi) is 6.16. The summed E-state index contributed by atoms with van der Waals surface area (Å²) in [6, 6.07) is 0. The van der Waals surface area contributed by atoms with Gasteiger partial charge < -0.3 is 0 Å². The van der Waals surface area contributed by atoms with E-state index in [-0.39, 0.29) is 32.6 Å². The van der Waals surface area contributed by atoms with Gasteiger partial charge in [-0.2, -0.15) is 0 Å².